The lowest BCUT2D eigenvalue weighted by molar-refractivity contribution is -0.138. The average Bonchev–Trinajstić information content (AvgIpc) is 2.80. The van der Waals surface area contributed by atoms with E-state index in [-0.39, 0.29) is 47.8 Å². The van der Waals surface area contributed by atoms with Crippen LogP contribution in [0.1, 0.15) is 47.0 Å². The fourth-order valence-corrected chi connectivity index (χ4v) is 3.01. The molecule has 134 valence electrons. The Kier molecular flexibility index (Phi) is 6.56. The van der Waals surface area contributed by atoms with Gasteiger partial charge in [-0.3, -0.25) is 9.59 Å². The minimum Gasteiger partial charge on any atom is -0.380 e. The van der Waals surface area contributed by atoms with Crippen LogP contribution in [-0.4, -0.2) is 49.1 Å². The van der Waals surface area contributed by atoms with E-state index in [0.717, 1.165) is 0 Å². The number of amides is 2. The third kappa shape index (κ3) is 4.89. The van der Waals surface area contributed by atoms with Crippen LogP contribution in [0.3, 0.4) is 0 Å². The maximum atomic E-state index is 12.8. The second-order valence-electron chi connectivity index (χ2n) is 7.71. The molecule has 0 aromatic carbocycles. The molecular formula is C16H31N3O4. The van der Waals surface area contributed by atoms with E-state index >= 15 is 0 Å². The highest BCUT2D eigenvalue weighted by atomic mass is 16.6. The van der Waals surface area contributed by atoms with Gasteiger partial charge in [0.1, 0.15) is 0 Å². The number of hydrogen-bond acceptors (Lipinski definition) is 5. The van der Waals surface area contributed by atoms with Crippen molar-refractivity contribution in [3.8, 4) is 0 Å². The van der Waals surface area contributed by atoms with Gasteiger partial charge in [0, 0.05) is 26.5 Å². The average molecular weight is 329 g/mol. The molecule has 7 heteroatoms. The van der Waals surface area contributed by atoms with Gasteiger partial charge in [-0.05, 0) is 17.3 Å². The quantitative estimate of drug-likeness (QED) is 0.641. The zero-order chi connectivity index (χ0) is 17.8. The summed E-state index contributed by atoms with van der Waals surface area (Å²) >= 11 is 0. The molecule has 7 nitrogen and oxygen atoms in total. The molecule has 0 bridgehead atoms. The van der Waals surface area contributed by atoms with Gasteiger partial charge in [0.25, 0.3) is 0 Å². The molecule has 1 fully saturated rings. The zero-order valence-corrected chi connectivity index (χ0v) is 14.9. The van der Waals surface area contributed by atoms with E-state index in [1.807, 2.05) is 27.7 Å². The monoisotopic (exact) mass is 329 g/mol. The van der Waals surface area contributed by atoms with Crippen molar-refractivity contribution < 1.29 is 19.2 Å². The van der Waals surface area contributed by atoms with Gasteiger partial charge in [0.2, 0.25) is 11.8 Å². The largest absolute Gasteiger partial charge is 0.380 e. The molecule has 0 radical (unpaired) electrons. The zero-order valence-electron chi connectivity index (χ0n) is 14.9. The lowest BCUT2D eigenvalue weighted by atomic mass is 9.64. The number of hydrogen-bond donors (Lipinski definition) is 2. The van der Waals surface area contributed by atoms with Gasteiger partial charge in [-0.2, -0.15) is 0 Å². The van der Waals surface area contributed by atoms with Crippen LogP contribution in [0.15, 0.2) is 0 Å². The molecule has 1 saturated heterocycles. The van der Waals surface area contributed by atoms with E-state index in [2.05, 4.69) is 0 Å². The van der Waals surface area contributed by atoms with Gasteiger partial charge in [0.05, 0.1) is 18.8 Å². The number of nitrogens with two attached hydrogens (primary N) is 2. The number of likely N-dealkylation sites (tertiary alicyclic amines) is 1. The van der Waals surface area contributed by atoms with E-state index in [1.54, 1.807) is 12.0 Å². The first-order valence-corrected chi connectivity index (χ1v) is 7.96. The van der Waals surface area contributed by atoms with Gasteiger partial charge in [-0.25, -0.2) is 5.90 Å². The van der Waals surface area contributed by atoms with Crippen LogP contribution in [0.2, 0.25) is 0 Å². The Morgan fingerprint density at radius 3 is 2.22 bits per heavy atom. The van der Waals surface area contributed by atoms with Gasteiger partial charge in [-0.1, -0.05) is 27.7 Å². The summed E-state index contributed by atoms with van der Waals surface area (Å²) in [5.74, 6) is 4.85. The van der Waals surface area contributed by atoms with Crippen LogP contribution < -0.4 is 11.6 Å². The first-order valence-electron chi connectivity index (χ1n) is 7.96. The second kappa shape index (κ2) is 7.59. The number of methoxy groups -OCH3 is 1. The Morgan fingerprint density at radius 2 is 1.74 bits per heavy atom. The van der Waals surface area contributed by atoms with Crippen molar-refractivity contribution in [3.05, 3.63) is 0 Å². The number of primary amides is 1. The molecule has 0 unspecified atom stereocenters. The van der Waals surface area contributed by atoms with Gasteiger partial charge in [0.15, 0.2) is 0 Å². The Hall–Kier alpha value is -1.18. The van der Waals surface area contributed by atoms with Crippen molar-refractivity contribution in [2.75, 3.05) is 20.3 Å². The van der Waals surface area contributed by atoms with Crippen LogP contribution in [-0.2, 0) is 19.2 Å². The summed E-state index contributed by atoms with van der Waals surface area (Å²) in [6.45, 7) is 8.74. The molecule has 0 aromatic rings. The fourth-order valence-electron chi connectivity index (χ4n) is 3.01. The summed E-state index contributed by atoms with van der Waals surface area (Å²) in [6, 6.07) is -0.0764. The highest BCUT2D eigenvalue weighted by Crippen LogP contribution is 2.44. The third-order valence-electron chi connectivity index (χ3n) is 5.36. The highest BCUT2D eigenvalue weighted by Gasteiger charge is 2.43. The number of carbonyl (C=O) groups excluding carboxylic acids is 2. The molecule has 0 saturated carbocycles. The molecule has 2 amide bonds. The molecule has 1 rings (SSSR count). The minimum absolute atomic E-state index is 0.000780. The Balaban J connectivity index is 2.81. The molecule has 1 aliphatic heterocycles. The molecule has 0 spiro atoms. The summed E-state index contributed by atoms with van der Waals surface area (Å²) in [5.41, 5.74) is 4.59. The van der Waals surface area contributed by atoms with Crippen molar-refractivity contribution in [1.29, 1.82) is 0 Å². The Morgan fingerprint density at radius 1 is 1.17 bits per heavy atom. The van der Waals surface area contributed by atoms with Crippen molar-refractivity contribution >= 4 is 11.8 Å². The third-order valence-corrected chi connectivity index (χ3v) is 5.36. The topological polar surface area (TPSA) is 108 Å². The number of nitrogens with zero attached hydrogens (tertiary/aromatic N) is 1. The highest BCUT2D eigenvalue weighted by molar-refractivity contribution is 5.78. The lowest BCUT2D eigenvalue weighted by Gasteiger charge is -2.42. The summed E-state index contributed by atoms with van der Waals surface area (Å²) in [6.07, 6.45) is 1.28. The summed E-state index contributed by atoms with van der Waals surface area (Å²) in [7, 11) is 1.64. The number of ether oxygens (including phenoxy) is 1. The van der Waals surface area contributed by atoms with Crippen LogP contribution in [0, 0.1) is 10.8 Å². The molecular weight excluding hydrogens is 298 g/mol. The normalized spacial score (nSPS) is 22.4. The Labute approximate surface area is 138 Å². The standard InChI is InChI=1S/C16H31N3O4/c1-15(2,7-13(17)20)16(3,4)8-14(21)19-9-12(22-5)6-11(19)10-23-18/h11-12H,6-10,18H2,1-5H3,(H2,17,20)/t11-,12+/m0/s1. The van der Waals surface area contributed by atoms with Crippen LogP contribution in [0.25, 0.3) is 0 Å². The summed E-state index contributed by atoms with van der Waals surface area (Å²) in [4.78, 5) is 30.6. The lowest BCUT2D eigenvalue weighted by Crippen LogP contribution is -2.44. The predicted octanol–water partition coefficient (Wildman–Crippen LogP) is 0.811. The van der Waals surface area contributed by atoms with Gasteiger partial charge < -0.3 is 20.2 Å². The summed E-state index contributed by atoms with van der Waals surface area (Å²) in [5, 5.41) is 0. The van der Waals surface area contributed by atoms with Crippen LogP contribution >= 0.6 is 0 Å². The predicted molar refractivity (Wildman–Crippen MR) is 87.0 cm³/mol. The van der Waals surface area contributed by atoms with E-state index in [9.17, 15) is 9.59 Å². The number of rotatable bonds is 8. The first kappa shape index (κ1) is 19.9. The molecule has 0 aromatic heterocycles. The van der Waals surface area contributed by atoms with Crippen molar-refractivity contribution in [3.63, 3.8) is 0 Å². The minimum atomic E-state index is -0.380. The van der Waals surface area contributed by atoms with Gasteiger partial charge in [-0.15, -0.1) is 0 Å². The van der Waals surface area contributed by atoms with E-state index in [1.165, 1.54) is 0 Å². The molecule has 23 heavy (non-hydrogen) atoms. The van der Waals surface area contributed by atoms with Gasteiger partial charge >= 0.3 is 0 Å². The first-order chi connectivity index (χ1) is 10.5. The smallest absolute Gasteiger partial charge is 0.223 e. The SMILES string of the molecule is CO[C@@H]1C[C@@H](CON)N(C(=O)CC(C)(C)C(C)(C)CC(N)=O)C1. The van der Waals surface area contributed by atoms with Crippen molar-refractivity contribution in [2.24, 2.45) is 22.5 Å². The molecule has 1 heterocycles. The number of carbonyl (C=O) groups is 2. The summed E-state index contributed by atoms with van der Waals surface area (Å²) < 4.78 is 5.37. The van der Waals surface area contributed by atoms with E-state index < -0.39 is 0 Å². The van der Waals surface area contributed by atoms with Crippen molar-refractivity contribution in [2.45, 2.75) is 59.1 Å². The van der Waals surface area contributed by atoms with Crippen molar-refractivity contribution in [1.82, 2.24) is 4.90 Å². The van der Waals surface area contributed by atoms with E-state index in [0.29, 0.717) is 19.4 Å². The maximum Gasteiger partial charge on any atom is 0.223 e. The van der Waals surface area contributed by atoms with E-state index in [4.69, 9.17) is 21.2 Å². The van der Waals surface area contributed by atoms with Crippen LogP contribution in [0.4, 0.5) is 0 Å². The fraction of sp³-hybridized carbons (Fsp3) is 0.875. The molecule has 0 aliphatic carbocycles. The van der Waals surface area contributed by atoms with Crippen LogP contribution in [0.5, 0.6) is 0 Å². The molecule has 1 aliphatic rings. The molecule has 4 N–H and O–H groups in total. The molecule has 2 atom stereocenters. The maximum absolute atomic E-state index is 12.8. The second-order valence-corrected chi connectivity index (χ2v) is 7.71. The Bertz CT molecular complexity index is 437.